The normalized spacial score (nSPS) is 11.0. The SMILES string of the molecule is C=C(C)C(=C)OCCC(F)(F)F. The molecule has 0 atom stereocenters. The molecular formula is C8H11F3O. The van der Waals surface area contributed by atoms with Crippen molar-refractivity contribution >= 4 is 0 Å². The Morgan fingerprint density at radius 1 is 1.33 bits per heavy atom. The van der Waals surface area contributed by atoms with Crippen molar-refractivity contribution in [1.29, 1.82) is 0 Å². The highest BCUT2D eigenvalue weighted by molar-refractivity contribution is 5.15. The van der Waals surface area contributed by atoms with Gasteiger partial charge in [0.1, 0.15) is 5.76 Å². The van der Waals surface area contributed by atoms with Gasteiger partial charge in [0, 0.05) is 0 Å². The number of ether oxygens (including phenoxy) is 1. The second kappa shape index (κ2) is 4.18. The van der Waals surface area contributed by atoms with E-state index in [0.29, 0.717) is 5.57 Å². The largest absolute Gasteiger partial charge is 0.494 e. The van der Waals surface area contributed by atoms with E-state index < -0.39 is 19.2 Å². The molecule has 0 aromatic carbocycles. The van der Waals surface area contributed by atoms with Crippen molar-refractivity contribution in [3.63, 3.8) is 0 Å². The molecule has 0 aromatic rings. The Kier molecular flexibility index (Phi) is 3.86. The zero-order valence-electron chi connectivity index (χ0n) is 6.87. The van der Waals surface area contributed by atoms with Crippen molar-refractivity contribution in [1.82, 2.24) is 0 Å². The van der Waals surface area contributed by atoms with Gasteiger partial charge >= 0.3 is 6.18 Å². The summed E-state index contributed by atoms with van der Waals surface area (Å²) in [6, 6.07) is 0. The predicted octanol–water partition coefficient (Wildman–Crippen LogP) is 3.05. The maximum absolute atomic E-state index is 11.6. The third-order valence-electron chi connectivity index (χ3n) is 1.14. The van der Waals surface area contributed by atoms with Crippen LogP contribution in [-0.4, -0.2) is 12.8 Å². The number of allylic oxidation sites excluding steroid dienone is 1. The number of hydrogen-bond acceptors (Lipinski definition) is 1. The molecule has 70 valence electrons. The summed E-state index contributed by atoms with van der Waals surface area (Å²) in [5.41, 5.74) is 0.539. The fourth-order valence-corrected chi connectivity index (χ4v) is 0.413. The quantitative estimate of drug-likeness (QED) is 0.477. The fraction of sp³-hybridized carbons (Fsp3) is 0.500. The lowest BCUT2D eigenvalue weighted by Gasteiger charge is -2.09. The summed E-state index contributed by atoms with van der Waals surface area (Å²) < 4.78 is 39.4. The van der Waals surface area contributed by atoms with E-state index >= 15 is 0 Å². The van der Waals surface area contributed by atoms with Crippen LogP contribution >= 0.6 is 0 Å². The van der Waals surface area contributed by atoms with E-state index in [1.807, 2.05) is 0 Å². The van der Waals surface area contributed by atoms with Crippen LogP contribution in [-0.2, 0) is 4.74 Å². The van der Waals surface area contributed by atoms with Gasteiger partial charge in [-0.2, -0.15) is 13.2 Å². The van der Waals surface area contributed by atoms with Gasteiger partial charge in [0.15, 0.2) is 0 Å². The summed E-state index contributed by atoms with van der Waals surface area (Å²) in [4.78, 5) is 0. The third-order valence-corrected chi connectivity index (χ3v) is 1.14. The van der Waals surface area contributed by atoms with E-state index in [2.05, 4.69) is 17.9 Å². The van der Waals surface area contributed by atoms with Crippen LogP contribution in [0, 0.1) is 0 Å². The van der Waals surface area contributed by atoms with E-state index in [1.54, 1.807) is 6.92 Å². The third kappa shape index (κ3) is 5.82. The molecule has 0 aliphatic rings. The Bertz CT molecular complexity index is 181. The molecule has 0 fully saturated rings. The van der Waals surface area contributed by atoms with Gasteiger partial charge in [0.2, 0.25) is 0 Å². The lowest BCUT2D eigenvalue weighted by molar-refractivity contribution is -0.142. The Labute approximate surface area is 69.5 Å². The van der Waals surface area contributed by atoms with E-state index in [-0.39, 0.29) is 5.76 Å². The van der Waals surface area contributed by atoms with Gasteiger partial charge in [0.05, 0.1) is 13.0 Å². The summed E-state index contributed by atoms with van der Waals surface area (Å²) in [6.07, 6.45) is -5.13. The molecule has 0 amide bonds. The molecule has 12 heavy (non-hydrogen) atoms. The van der Waals surface area contributed by atoms with Crippen molar-refractivity contribution in [2.45, 2.75) is 19.5 Å². The molecular weight excluding hydrogens is 169 g/mol. The lowest BCUT2D eigenvalue weighted by atomic mass is 10.3. The smallest absolute Gasteiger partial charge is 0.392 e. The molecule has 4 heteroatoms. The summed E-state index contributed by atoms with van der Waals surface area (Å²) in [5.74, 6) is 0.208. The molecule has 0 saturated carbocycles. The fourth-order valence-electron chi connectivity index (χ4n) is 0.413. The second-order valence-electron chi connectivity index (χ2n) is 2.42. The highest BCUT2D eigenvalue weighted by Gasteiger charge is 2.26. The molecule has 0 bridgehead atoms. The van der Waals surface area contributed by atoms with Crippen LogP contribution in [0.5, 0.6) is 0 Å². The van der Waals surface area contributed by atoms with Crippen LogP contribution in [0.2, 0.25) is 0 Å². The summed E-state index contributed by atoms with van der Waals surface area (Å²) in [7, 11) is 0. The maximum atomic E-state index is 11.6. The van der Waals surface area contributed by atoms with Crippen LogP contribution < -0.4 is 0 Å². The molecule has 0 saturated heterocycles. The van der Waals surface area contributed by atoms with E-state index in [4.69, 9.17) is 0 Å². The van der Waals surface area contributed by atoms with Gasteiger partial charge in [-0.25, -0.2) is 0 Å². The van der Waals surface area contributed by atoms with Crippen LogP contribution in [0.3, 0.4) is 0 Å². The Morgan fingerprint density at radius 2 is 1.83 bits per heavy atom. The van der Waals surface area contributed by atoms with Crippen molar-refractivity contribution in [2.24, 2.45) is 0 Å². The van der Waals surface area contributed by atoms with Crippen molar-refractivity contribution in [2.75, 3.05) is 6.61 Å². The van der Waals surface area contributed by atoms with Gasteiger partial charge in [-0.15, -0.1) is 0 Å². The molecule has 0 unspecified atom stereocenters. The summed E-state index contributed by atoms with van der Waals surface area (Å²) >= 11 is 0. The monoisotopic (exact) mass is 180 g/mol. The van der Waals surface area contributed by atoms with E-state index in [9.17, 15) is 13.2 Å². The molecule has 1 nitrogen and oxygen atoms in total. The number of rotatable bonds is 4. The van der Waals surface area contributed by atoms with Gasteiger partial charge in [0.25, 0.3) is 0 Å². The van der Waals surface area contributed by atoms with Crippen molar-refractivity contribution in [3.8, 4) is 0 Å². The highest BCUT2D eigenvalue weighted by atomic mass is 19.4. The van der Waals surface area contributed by atoms with Gasteiger partial charge in [-0.05, 0) is 12.5 Å². The summed E-state index contributed by atoms with van der Waals surface area (Å²) in [5, 5.41) is 0. The standard InChI is InChI=1S/C8H11F3O/c1-6(2)7(3)12-5-4-8(9,10)11/h1,3-5H2,2H3. The zero-order chi connectivity index (χ0) is 9.78. The first kappa shape index (κ1) is 11.1. The molecule has 0 N–H and O–H groups in total. The van der Waals surface area contributed by atoms with Gasteiger partial charge in [-0.1, -0.05) is 13.2 Å². The Morgan fingerprint density at radius 3 is 2.17 bits per heavy atom. The number of hydrogen-bond donors (Lipinski definition) is 0. The minimum absolute atomic E-state index is 0.208. The molecule has 0 aliphatic carbocycles. The number of halogens is 3. The Hall–Kier alpha value is -0.930. The second-order valence-corrected chi connectivity index (χ2v) is 2.42. The van der Waals surface area contributed by atoms with Crippen LogP contribution in [0.25, 0.3) is 0 Å². The molecule has 0 aliphatic heterocycles. The molecule has 0 rings (SSSR count). The van der Waals surface area contributed by atoms with Gasteiger partial charge in [-0.3, -0.25) is 0 Å². The minimum Gasteiger partial charge on any atom is -0.494 e. The first-order valence-electron chi connectivity index (χ1n) is 3.37. The molecule has 0 radical (unpaired) electrons. The van der Waals surface area contributed by atoms with Crippen LogP contribution in [0.15, 0.2) is 24.5 Å². The van der Waals surface area contributed by atoms with Gasteiger partial charge < -0.3 is 4.74 Å². The van der Waals surface area contributed by atoms with E-state index in [1.165, 1.54) is 0 Å². The summed E-state index contributed by atoms with van der Waals surface area (Å²) in [6.45, 7) is 8.08. The maximum Gasteiger partial charge on any atom is 0.392 e. The van der Waals surface area contributed by atoms with Crippen LogP contribution in [0.1, 0.15) is 13.3 Å². The minimum atomic E-state index is -4.17. The predicted molar refractivity (Wildman–Crippen MR) is 40.6 cm³/mol. The average Bonchev–Trinajstić information content (AvgIpc) is 1.84. The Balaban J connectivity index is 3.58. The zero-order valence-corrected chi connectivity index (χ0v) is 6.87. The molecule has 0 spiro atoms. The average molecular weight is 180 g/mol. The molecule has 0 heterocycles. The van der Waals surface area contributed by atoms with Crippen LogP contribution in [0.4, 0.5) is 13.2 Å². The van der Waals surface area contributed by atoms with E-state index in [0.717, 1.165) is 0 Å². The van der Waals surface area contributed by atoms with Crippen molar-refractivity contribution in [3.05, 3.63) is 24.5 Å². The highest BCUT2D eigenvalue weighted by Crippen LogP contribution is 2.20. The topological polar surface area (TPSA) is 9.23 Å². The lowest BCUT2D eigenvalue weighted by Crippen LogP contribution is -2.11. The first-order valence-corrected chi connectivity index (χ1v) is 3.37. The van der Waals surface area contributed by atoms with Crippen molar-refractivity contribution < 1.29 is 17.9 Å². The number of alkyl halides is 3. The first-order chi connectivity index (χ1) is 5.33. The molecule has 0 aromatic heterocycles.